The Morgan fingerprint density at radius 1 is 1.37 bits per heavy atom. The highest BCUT2D eigenvalue weighted by Gasteiger charge is 2.19. The van der Waals surface area contributed by atoms with Crippen molar-refractivity contribution in [3.05, 3.63) is 35.4 Å². The Morgan fingerprint density at radius 2 is 2.11 bits per heavy atom. The summed E-state index contributed by atoms with van der Waals surface area (Å²) in [5.41, 5.74) is 2.55. The van der Waals surface area contributed by atoms with Gasteiger partial charge in [0.1, 0.15) is 0 Å². The van der Waals surface area contributed by atoms with E-state index in [2.05, 4.69) is 41.8 Å². The lowest BCUT2D eigenvalue weighted by atomic mass is 9.99. The smallest absolute Gasteiger partial charge is 0.224 e. The number of halogens is 1. The molecule has 1 aromatic carbocycles. The van der Waals surface area contributed by atoms with Gasteiger partial charge >= 0.3 is 0 Å². The summed E-state index contributed by atoms with van der Waals surface area (Å²) in [5, 5.41) is 6.31. The predicted octanol–water partition coefficient (Wildman–Crippen LogP) is 2.08. The fourth-order valence-corrected chi connectivity index (χ4v) is 2.30. The van der Waals surface area contributed by atoms with Crippen molar-refractivity contribution in [1.82, 2.24) is 10.6 Å². The molecule has 2 N–H and O–H groups in total. The maximum Gasteiger partial charge on any atom is 0.224 e. The van der Waals surface area contributed by atoms with Gasteiger partial charge in [0.25, 0.3) is 0 Å². The molecule has 1 aliphatic heterocycles. The van der Waals surface area contributed by atoms with Crippen LogP contribution in [-0.4, -0.2) is 25.5 Å². The van der Waals surface area contributed by atoms with E-state index in [1.165, 1.54) is 11.1 Å². The topological polar surface area (TPSA) is 41.1 Å². The zero-order valence-corrected chi connectivity index (χ0v) is 12.3. The van der Waals surface area contributed by atoms with Crippen molar-refractivity contribution in [2.75, 3.05) is 19.6 Å². The van der Waals surface area contributed by atoms with Gasteiger partial charge in [0, 0.05) is 13.1 Å². The van der Waals surface area contributed by atoms with Crippen LogP contribution in [-0.2, 0) is 11.2 Å². The molecule has 0 bridgehead atoms. The van der Waals surface area contributed by atoms with Gasteiger partial charge in [-0.2, -0.15) is 0 Å². The van der Waals surface area contributed by atoms with E-state index in [1.54, 1.807) is 0 Å². The molecule has 0 radical (unpaired) electrons. The van der Waals surface area contributed by atoms with Crippen molar-refractivity contribution in [1.29, 1.82) is 0 Å². The van der Waals surface area contributed by atoms with E-state index in [4.69, 9.17) is 0 Å². The van der Waals surface area contributed by atoms with Crippen LogP contribution in [0.15, 0.2) is 24.3 Å². The Kier molecular flexibility index (Phi) is 6.89. The van der Waals surface area contributed by atoms with Gasteiger partial charge in [0.15, 0.2) is 0 Å². The van der Waals surface area contributed by atoms with Gasteiger partial charge in [-0.25, -0.2) is 0 Å². The molecule has 1 atom stereocenters. The highest BCUT2D eigenvalue weighted by molar-refractivity contribution is 5.85. The molecule has 0 aromatic heterocycles. The lowest BCUT2D eigenvalue weighted by Gasteiger charge is -2.21. The Labute approximate surface area is 121 Å². The van der Waals surface area contributed by atoms with E-state index in [9.17, 15) is 4.79 Å². The summed E-state index contributed by atoms with van der Waals surface area (Å²) in [4.78, 5) is 11.9. The number of nitrogens with one attached hydrogen (secondary N) is 2. The Morgan fingerprint density at radius 3 is 2.74 bits per heavy atom. The summed E-state index contributed by atoms with van der Waals surface area (Å²) in [6, 6.07) is 8.48. The van der Waals surface area contributed by atoms with Crippen LogP contribution in [0.5, 0.6) is 0 Å². The van der Waals surface area contributed by atoms with Gasteiger partial charge in [0.2, 0.25) is 5.91 Å². The molecule has 19 heavy (non-hydrogen) atoms. The zero-order valence-electron chi connectivity index (χ0n) is 11.4. The first-order valence-electron chi connectivity index (χ1n) is 6.79. The number of aryl methyl sites for hydroxylation is 1. The van der Waals surface area contributed by atoms with Crippen molar-refractivity contribution < 1.29 is 4.79 Å². The van der Waals surface area contributed by atoms with E-state index in [-0.39, 0.29) is 24.2 Å². The van der Waals surface area contributed by atoms with E-state index in [0.29, 0.717) is 0 Å². The van der Waals surface area contributed by atoms with Crippen molar-refractivity contribution in [3.63, 3.8) is 0 Å². The number of rotatable bonds is 4. The van der Waals surface area contributed by atoms with Gasteiger partial charge in [-0.1, -0.05) is 29.8 Å². The zero-order chi connectivity index (χ0) is 12.8. The molecule has 0 aliphatic carbocycles. The van der Waals surface area contributed by atoms with E-state index >= 15 is 0 Å². The van der Waals surface area contributed by atoms with Gasteiger partial charge < -0.3 is 10.6 Å². The van der Waals surface area contributed by atoms with Crippen molar-refractivity contribution >= 4 is 18.3 Å². The van der Waals surface area contributed by atoms with Gasteiger partial charge in [0.05, 0.1) is 5.92 Å². The van der Waals surface area contributed by atoms with Crippen molar-refractivity contribution in [2.45, 2.75) is 26.2 Å². The Balaban J connectivity index is 0.00000180. The van der Waals surface area contributed by atoms with E-state index in [0.717, 1.165) is 38.9 Å². The third-order valence-electron chi connectivity index (χ3n) is 3.50. The lowest BCUT2D eigenvalue weighted by molar-refractivity contribution is -0.125. The summed E-state index contributed by atoms with van der Waals surface area (Å²) in [6.07, 6.45) is 3.03. The lowest BCUT2D eigenvalue weighted by Crippen LogP contribution is -2.41. The third-order valence-corrected chi connectivity index (χ3v) is 3.50. The monoisotopic (exact) mass is 282 g/mol. The molecule has 4 heteroatoms. The highest BCUT2D eigenvalue weighted by Crippen LogP contribution is 2.09. The summed E-state index contributed by atoms with van der Waals surface area (Å²) in [6.45, 7) is 4.70. The fourth-order valence-electron chi connectivity index (χ4n) is 2.30. The second kappa shape index (κ2) is 8.18. The largest absolute Gasteiger partial charge is 0.355 e. The summed E-state index contributed by atoms with van der Waals surface area (Å²) < 4.78 is 0. The minimum absolute atomic E-state index is 0. The number of amides is 1. The number of hydrogen-bond donors (Lipinski definition) is 2. The molecule has 1 aromatic rings. The summed E-state index contributed by atoms with van der Waals surface area (Å²) in [5.74, 6) is 0.367. The molecular weight excluding hydrogens is 260 g/mol. The van der Waals surface area contributed by atoms with Crippen LogP contribution >= 0.6 is 12.4 Å². The number of benzene rings is 1. The first-order valence-corrected chi connectivity index (χ1v) is 6.79. The summed E-state index contributed by atoms with van der Waals surface area (Å²) >= 11 is 0. The number of piperidine rings is 1. The first kappa shape index (κ1) is 16.0. The van der Waals surface area contributed by atoms with Crippen LogP contribution in [0.2, 0.25) is 0 Å². The molecule has 1 aliphatic rings. The van der Waals surface area contributed by atoms with E-state index < -0.39 is 0 Å². The molecule has 106 valence electrons. The molecule has 0 spiro atoms. The maximum absolute atomic E-state index is 11.9. The van der Waals surface area contributed by atoms with Crippen LogP contribution in [0.1, 0.15) is 24.0 Å². The molecule has 1 saturated heterocycles. The van der Waals surface area contributed by atoms with Crippen LogP contribution in [0.3, 0.4) is 0 Å². The van der Waals surface area contributed by atoms with Crippen molar-refractivity contribution in [3.8, 4) is 0 Å². The highest BCUT2D eigenvalue weighted by atomic mass is 35.5. The number of hydrogen-bond acceptors (Lipinski definition) is 2. The second-order valence-corrected chi connectivity index (χ2v) is 5.07. The fraction of sp³-hybridized carbons (Fsp3) is 0.533. The Hall–Kier alpha value is -1.06. The van der Waals surface area contributed by atoms with Crippen molar-refractivity contribution in [2.24, 2.45) is 5.92 Å². The average molecular weight is 283 g/mol. The molecule has 1 unspecified atom stereocenters. The van der Waals surface area contributed by atoms with Gasteiger partial charge in [-0.15, -0.1) is 12.4 Å². The Bertz CT molecular complexity index is 386. The summed E-state index contributed by atoms with van der Waals surface area (Å²) in [7, 11) is 0. The van der Waals surface area contributed by atoms with Crippen LogP contribution in [0.4, 0.5) is 0 Å². The normalized spacial score (nSPS) is 18.5. The predicted molar refractivity (Wildman–Crippen MR) is 80.7 cm³/mol. The van der Waals surface area contributed by atoms with Gasteiger partial charge in [-0.05, 0) is 38.3 Å². The molecule has 3 nitrogen and oxygen atoms in total. The van der Waals surface area contributed by atoms with Crippen LogP contribution < -0.4 is 10.6 Å². The molecule has 2 rings (SSSR count). The molecule has 1 fully saturated rings. The standard InChI is InChI=1S/C15H22N2O.ClH/c1-12-4-6-13(7-5-12)8-10-17-15(18)14-3-2-9-16-11-14;/h4-7,14,16H,2-3,8-11H2,1H3,(H,17,18);1H. The quantitative estimate of drug-likeness (QED) is 0.888. The molecule has 1 heterocycles. The van der Waals surface area contributed by atoms with E-state index in [1.807, 2.05) is 0 Å². The minimum atomic E-state index is 0. The minimum Gasteiger partial charge on any atom is -0.355 e. The first-order chi connectivity index (χ1) is 8.75. The number of carbonyl (C=O) groups excluding carboxylic acids is 1. The van der Waals surface area contributed by atoms with Gasteiger partial charge in [-0.3, -0.25) is 4.79 Å². The van der Waals surface area contributed by atoms with Crippen LogP contribution in [0.25, 0.3) is 0 Å². The molecular formula is C15H23ClN2O. The molecule has 0 saturated carbocycles. The average Bonchev–Trinajstić information content (AvgIpc) is 2.42. The molecule has 1 amide bonds. The second-order valence-electron chi connectivity index (χ2n) is 5.07. The third kappa shape index (κ3) is 5.21. The SMILES string of the molecule is Cc1ccc(CCNC(=O)C2CCCNC2)cc1.Cl. The van der Waals surface area contributed by atoms with Crippen LogP contribution in [0, 0.1) is 12.8 Å². The number of carbonyl (C=O) groups is 1. The maximum atomic E-state index is 11.9.